The van der Waals surface area contributed by atoms with Crippen LogP contribution in [0.1, 0.15) is 25.3 Å². The number of hydrogen-bond donors (Lipinski definition) is 1. The van der Waals surface area contributed by atoms with Gasteiger partial charge in [0.2, 0.25) is 0 Å². The maximum absolute atomic E-state index is 3.68. The van der Waals surface area contributed by atoms with Gasteiger partial charge in [-0.15, -0.1) is 0 Å². The van der Waals surface area contributed by atoms with E-state index in [1.807, 2.05) is 0 Å². The molecule has 0 radical (unpaired) electrons. The normalized spacial score (nSPS) is 26.2. The molecule has 1 aromatic rings. The van der Waals surface area contributed by atoms with E-state index in [9.17, 15) is 0 Å². The van der Waals surface area contributed by atoms with Crippen LogP contribution in [-0.2, 0) is 0 Å². The summed E-state index contributed by atoms with van der Waals surface area (Å²) in [5.41, 5.74) is 3.33. The molecule has 98 valence electrons. The third kappa shape index (κ3) is 2.43. The molecule has 0 aromatic heterocycles. The third-order valence-electron chi connectivity index (χ3n) is 4.30. The number of aryl methyl sites for hydroxylation is 1. The van der Waals surface area contributed by atoms with Crippen LogP contribution in [0.3, 0.4) is 0 Å². The first-order valence-corrected chi connectivity index (χ1v) is 7.62. The second-order valence-electron chi connectivity index (χ2n) is 6.09. The van der Waals surface area contributed by atoms with Crippen molar-refractivity contribution in [3.8, 4) is 0 Å². The molecule has 2 aliphatic rings. The molecule has 18 heavy (non-hydrogen) atoms. The maximum Gasteiger partial charge on any atom is 0.0397 e. The van der Waals surface area contributed by atoms with Crippen LogP contribution in [0.5, 0.6) is 0 Å². The van der Waals surface area contributed by atoms with Crippen molar-refractivity contribution in [2.24, 2.45) is 5.41 Å². The van der Waals surface area contributed by atoms with Crippen molar-refractivity contribution in [2.45, 2.75) is 32.7 Å². The van der Waals surface area contributed by atoms with Gasteiger partial charge in [0.1, 0.15) is 0 Å². The largest absolute Gasteiger partial charge is 0.369 e. The van der Waals surface area contributed by atoms with Gasteiger partial charge in [-0.2, -0.15) is 0 Å². The summed E-state index contributed by atoms with van der Waals surface area (Å²) >= 11 is 3.55. The number of halogens is 1. The zero-order valence-electron chi connectivity index (χ0n) is 11.2. The third-order valence-corrected chi connectivity index (χ3v) is 4.80. The van der Waals surface area contributed by atoms with Crippen LogP contribution in [0.15, 0.2) is 22.7 Å². The Hall–Kier alpha value is -0.540. The Bertz CT molecular complexity index is 454. The van der Waals surface area contributed by atoms with Crippen molar-refractivity contribution in [3.05, 3.63) is 28.2 Å². The highest BCUT2D eigenvalue weighted by atomic mass is 79.9. The Kier molecular flexibility index (Phi) is 3.15. The minimum absolute atomic E-state index is 0.560. The molecule has 1 unspecified atom stereocenters. The monoisotopic (exact) mass is 308 g/mol. The van der Waals surface area contributed by atoms with Gasteiger partial charge in [0.15, 0.2) is 0 Å². The van der Waals surface area contributed by atoms with Crippen molar-refractivity contribution < 1.29 is 0 Å². The van der Waals surface area contributed by atoms with E-state index in [1.165, 1.54) is 41.7 Å². The van der Waals surface area contributed by atoms with E-state index in [4.69, 9.17) is 0 Å². The predicted octanol–water partition coefficient (Wildman–Crippen LogP) is 3.34. The topological polar surface area (TPSA) is 15.3 Å². The fourth-order valence-corrected chi connectivity index (χ4v) is 3.46. The highest BCUT2D eigenvalue weighted by Crippen LogP contribution is 2.47. The molecule has 0 bridgehead atoms. The molecule has 0 amide bonds. The molecule has 1 aromatic carbocycles. The fraction of sp³-hybridized carbons (Fsp3) is 0.600. The molecule has 1 heterocycles. The lowest BCUT2D eigenvalue weighted by Crippen LogP contribution is -2.35. The quantitative estimate of drug-likeness (QED) is 0.856. The van der Waals surface area contributed by atoms with E-state index in [2.05, 4.69) is 58.2 Å². The Balaban J connectivity index is 1.88. The van der Waals surface area contributed by atoms with E-state index in [1.54, 1.807) is 0 Å². The number of rotatable bonds is 1. The van der Waals surface area contributed by atoms with Gasteiger partial charge in [0.05, 0.1) is 0 Å². The maximum atomic E-state index is 3.68. The van der Waals surface area contributed by atoms with Crippen LogP contribution >= 0.6 is 15.9 Å². The molecule has 2 nitrogen and oxygen atoms in total. The summed E-state index contributed by atoms with van der Waals surface area (Å²) in [4.78, 5) is 2.58. The zero-order valence-corrected chi connectivity index (χ0v) is 12.8. The van der Waals surface area contributed by atoms with Crippen LogP contribution < -0.4 is 10.2 Å². The molecular formula is C15H21BrN2. The standard InChI is InChI=1S/C15H21BrN2/c1-11-7-13(16)3-4-14(11)18-8-12(2)17-9-15(10-18)5-6-15/h3-4,7,12,17H,5-6,8-10H2,1-2H3. The molecule has 2 fully saturated rings. The number of nitrogens with zero attached hydrogens (tertiary/aromatic N) is 1. The first-order chi connectivity index (χ1) is 8.58. The first kappa shape index (κ1) is 12.5. The van der Waals surface area contributed by atoms with E-state index in [-0.39, 0.29) is 0 Å². The Morgan fingerprint density at radius 2 is 2.17 bits per heavy atom. The van der Waals surface area contributed by atoms with Crippen LogP contribution in [-0.4, -0.2) is 25.7 Å². The lowest BCUT2D eigenvalue weighted by Gasteiger charge is -2.28. The van der Waals surface area contributed by atoms with Gasteiger partial charge >= 0.3 is 0 Å². The van der Waals surface area contributed by atoms with Crippen LogP contribution in [0.2, 0.25) is 0 Å². The number of benzene rings is 1. The van der Waals surface area contributed by atoms with Gasteiger partial charge in [-0.25, -0.2) is 0 Å². The van der Waals surface area contributed by atoms with Gasteiger partial charge in [0.25, 0.3) is 0 Å². The Morgan fingerprint density at radius 3 is 2.83 bits per heavy atom. The summed E-state index contributed by atoms with van der Waals surface area (Å²) in [6.07, 6.45) is 2.78. The molecule has 1 aliphatic heterocycles. The van der Waals surface area contributed by atoms with Gasteiger partial charge in [-0.3, -0.25) is 0 Å². The van der Waals surface area contributed by atoms with Gasteiger partial charge in [-0.1, -0.05) is 15.9 Å². The van der Waals surface area contributed by atoms with Crippen molar-refractivity contribution >= 4 is 21.6 Å². The molecule has 1 saturated carbocycles. The summed E-state index contributed by atoms with van der Waals surface area (Å²) < 4.78 is 1.17. The fourth-order valence-electron chi connectivity index (χ4n) is 2.98. The lowest BCUT2D eigenvalue weighted by molar-refractivity contribution is 0.479. The van der Waals surface area contributed by atoms with Crippen molar-refractivity contribution in [2.75, 3.05) is 24.5 Å². The van der Waals surface area contributed by atoms with E-state index in [0.717, 1.165) is 6.54 Å². The second kappa shape index (κ2) is 4.53. The summed E-state index contributed by atoms with van der Waals surface area (Å²) in [7, 11) is 0. The summed E-state index contributed by atoms with van der Waals surface area (Å²) in [5.74, 6) is 0. The number of anilines is 1. The Morgan fingerprint density at radius 1 is 1.39 bits per heavy atom. The van der Waals surface area contributed by atoms with Crippen molar-refractivity contribution in [1.29, 1.82) is 0 Å². The van der Waals surface area contributed by atoms with Gasteiger partial charge in [0, 0.05) is 41.3 Å². The molecule has 1 aliphatic carbocycles. The lowest BCUT2D eigenvalue weighted by atomic mass is 10.1. The first-order valence-electron chi connectivity index (χ1n) is 6.83. The average molecular weight is 309 g/mol. The molecule has 1 spiro atoms. The summed E-state index contributed by atoms with van der Waals surface area (Å²) in [6, 6.07) is 7.21. The average Bonchev–Trinajstić information content (AvgIpc) is 3.08. The van der Waals surface area contributed by atoms with E-state index < -0.39 is 0 Å². The highest BCUT2D eigenvalue weighted by Gasteiger charge is 2.45. The molecule has 1 atom stereocenters. The minimum atomic E-state index is 0.560. The van der Waals surface area contributed by atoms with E-state index >= 15 is 0 Å². The van der Waals surface area contributed by atoms with Crippen molar-refractivity contribution in [3.63, 3.8) is 0 Å². The predicted molar refractivity (Wildman–Crippen MR) is 80.2 cm³/mol. The minimum Gasteiger partial charge on any atom is -0.369 e. The highest BCUT2D eigenvalue weighted by molar-refractivity contribution is 9.10. The van der Waals surface area contributed by atoms with Crippen LogP contribution in [0, 0.1) is 12.3 Å². The molecule has 1 N–H and O–H groups in total. The molecule has 1 saturated heterocycles. The summed E-state index contributed by atoms with van der Waals surface area (Å²) in [6.45, 7) is 8.03. The van der Waals surface area contributed by atoms with Gasteiger partial charge in [-0.05, 0) is 50.5 Å². The van der Waals surface area contributed by atoms with Crippen LogP contribution in [0.4, 0.5) is 5.69 Å². The SMILES string of the molecule is Cc1cc(Br)ccc1N1CC(C)NCC2(CC2)C1. The summed E-state index contributed by atoms with van der Waals surface area (Å²) in [5, 5.41) is 3.68. The molecule has 3 rings (SSSR count). The van der Waals surface area contributed by atoms with Gasteiger partial charge < -0.3 is 10.2 Å². The molecular weight excluding hydrogens is 288 g/mol. The molecule has 3 heteroatoms. The Labute approximate surface area is 118 Å². The number of hydrogen-bond acceptors (Lipinski definition) is 2. The number of nitrogens with one attached hydrogen (secondary N) is 1. The second-order valence-corrected chi connectivity index (χ2v) is 7.01. The van der Waals surface area contributed by atoms with E-state index in [0.29, 0.717) is 11.5 Å². The van der Waals surface area contributed by atoms with Crippen molar-refractivity contribution in [1.82, 2.24) is 5.32 Å². The zero-order chi connectivity index (χ0) is 12.8. The smallest absolute Gasteiger partial charge is 0.0397 e. The van der Waals surface area contributed by atoms with Crippen LogP contribution in [0.25, 0.3) is 0 Å².